The van der Waals surface area contributed by atoms with Crippen LogP contribution in [-0.4, -0.2) is 41.6 Å². The molecule has 0 aliphatic carbocycles. The maximum Gasteiger partial charge on any atom is 0.0794 e. The van der Waals surface area contributed by atoms with Gasteiger partial charge in [-0.15, -0.1) is 11.3 Å². The van der Waals surface area contributed by atoms with Gasteiger partial charge in [0.2, 0.25) is 0 Å². The molecule has 2 atom stereocenters. The minimum atomic E-state index is 0.197. The molecule has 0 aliphatic rings. The van der Waals surface area contributed by atoms with E-state index in [2.05, 4.69) is 49.9 Å². The fourth-order valence-electron chi connectivity index (χ4n) is 2.81. The summed E-state index contributed by atoms with van der Waals surface area (Å²) in [6.45, 7) is 11.4. The number of aromatic nitrogens is 1. The van der Waals surface area contributed by atoms with Crippen LogP contribution in [0.15, 0.2) is 11.7 Å². The molecule has 2 unspecified atom stereocenters. The maximum atomic E-state index is 4.18. The van der Waals surface area contributed by atoms with Gasteiger partial charge < -0.3 is 5.32 Å². The summed E-state index contributed by atoms with van der Waals surface area (Å²) in [4.78, 5) is 8.11. The van der Waals surface area contributed by atoms with Gasteiger partial charge in [-0.2, -0.15) is 0 Å². The average Bonchev–Trinajstić information content (AvgIpc) is 2.89. The fourth-order valence-corrected chi connectivity index (χ4v) is 3.46. The molecule has 0 spiro atoms. The van der Waals surface area contributed by atoms with Crippen LogP contribution in [0.3, 0.4) is 0 Å². The third-order valence-corrected chi connectivity index (χ3v) is 4.99. The highest BCUT2D eigenvalue weighted by Crippen LogP contribution is 2.26. The van der Waals surface area contributed by atoms with Crippen molar-refractivity contribution >= 4 is 11.3 Å². The highest BCUT2D eigenvalue weighted by molar-refractivity contribution is 7.09. The van der Waals surface area contributed by atoms with E-state index in [-0.39, 0.29) is 5.54 Å². The number of thiazole rings is 1. The molecular formula is C14H27N3S. The Balaban J connectivity index is 2.87. The number of nitrogens with one attached hydrogen (secondary N) is 1. The van der Waals surface area contributed by atoms with Crippen molar-refractivity contribution in [3.05, 3.63) is 16.6 Å². The summed E-state index contributed by atoms with van der Waals surface area (Å²) in [6, 6.07) is 0.461. The van der Waals surface area contributed by atoms with Crippen molar-refractivity contribution in [2.24, 2.45) is 0 Å². The first-order chi connectivity index (χ1) is 8.62. The zero-order chi connectivity index (χ0) is 13.6. The van der Waals surface area contributed by atoms with E-state index in [0.717, 1.165) is 25.9 Å². The molecule has 104 valence electrons. The van der Waals surface area contributed by atoms with Crippen LogP contribution >= 0.6 is 11.3 Å². The van der Waals surface area contributed by atoms with Gasteiger partial charge in [0.05, 0.1) is 5.51 Å². The third-order valence-electron chi connectivity index (χ3n) is 4.19. The fraction of sp³-hybridized carbons (Fsp3) is 0.786. The number of hydrogen-bond acceptors (Lipinski definition) is 4. The van der Waals surface area contributed by atoms with Crippen molar-refractivity contribution in [1.29, 1.82) is 0 Å². The van der Waals surface area contributed by atoms with Crippen LogP contribution in [0.2, 0.25) is 0 Å². The average molecular weight is 269 g/mol. The molecule has 1 heterocycles. The predicted molar refractivity (Wildman–Crippen MR) is 80.3 cm³/mol. The monoisotopic (exact) mass is 269 g/mol. The van der Waals surface area contributed by atoms with E-state index in [9.17, 15) is 0 Å². The van der Waals surface area contributed by atoms with E-state index in [1.807, 2.05) is 11.7 Å². The van der Waals surface area contributed by atoms with Gasteiger partial charge >= 0.3 is 0 Å². The van der Waals surface area contributed by atoms with Crippen LogP contribution in [0.1, 0.15) is 39.0 Å². The Bertz CT molecular complexity index is 322. The Labute approximate surface area is 116 Å². The van der Waals surface area contributed by atoms with E-state index < -0.39 is 0 Å². The smallest absolute Gasteiger partial charge is 0.0794 e. The molecule has 0 amide bonds. The molecule has 3 nitrogen and oxygen atoms in total. The topological polar surface area (TPSA) is 28.2 Å². The van der Waals surface area contributed by atoms with Gasteiger partial charge in [-0.25, -0.2) is 0 Å². The summed E-state index contributed by atoms with van der Waals surface area (Å²) < 4.78 is 0. The van der Waals surface area contributed by atoms with Crippen LogP contribution in [0.5, 0.6) is 0 Å². The summed E-state index contributed by atoms with van der Waals surface area (Å²) in [5.41, 5.74) is 2.12. The lowest BCUT2D eigenvalue weighted by molar-refractivity contribution is 0.0733. The molecule has 0 saturated heterocycles. The molecule has 1 aromatic heterocycles. The highest BCUT2D eigenvalue weighted by Gasteiger charge is 2.36. The van der Waals surface area contributed by atoms with Crippen molar-refractivity contribution in [2.75, 3.05) is 20.1 Å². The van der Waals surface area contributed by atoms with Crippen LogP contribution in [0.25, 0.3) is 0 Å². The first-order valence-corrected chi connectivity index (χ1v) is 7.79. The van der Waals surface area contributed by atoms with Crippen molar-refractivity contribution in [1.82, 2.24) is 15.2 Å². The van der Waals surface area contributed by atoms with Crippen molar-refractivity contribution in [2.45, 2.75) is 52.1 Å². The van der Waals surface area contributed by atoms with Gasteiger partial charge in [0.15, 0.2) is 0 Å². The van der Waals surface area contributed by atoms with Gasteiger partial charge in [-0.05, 0) is 33.5 Å². The lowest BCUT2D eigenvalue weighted by atomic mass is 9.85. The van der Waals surface area contributed by atoms with Gasteiger partial charge in [-0.3, -0.25) is 9.88 Å². The molecule has 1 rings (SSSR count). The Morgan fingerprint density at radius 2 is 2.06 bits per heavy atom. The Morgan fingerprint density at radius 1 is 1.39 bits per heavy atom. The van der Waals surface area contributed by atoms with Crippen molar-refractivity contribution in [3.8, 4) is 0 Å². The van der Waals surface area contributed by atoms with Gasteiger partial charge in [-0.1, -0.05) is 20.8 Å². The SMILES string of the molecule is CCN(CC)C(C)(CC)C(Cc1cncs1)NC. The third kappa shape index (κ3) is 3.31. The second-order valence-electron chi connectivity index (χ2n) is 4.90. The molecule has 0 radical (unpaired) electrons. The largest absolute Gasteiger partial charge is 0.315 e. The molecule has 1 N–H and O–H groups in total. The minimum absolute atomic E-state index is 0.197. The Morgan fingerprint density at radius 3 is 2.44 bits per heavy atom. The predicted octanol–water partition coefficient (Wildman–Crippen LogP) is 2.78. The second-order valence-corrected chi connectivity index (χ2v) is 5.87. The highest BCUT2D eigenvalue weighted by atomic mass is 32.1. The van der Waals surface area contributed by atoms with Gasteiger partial charge in [0.25, 0.3) is 0 Å². The van der Waals surface area contributed by atoms with Crippen LogP contribution in [0, 0.1) is 0 Å². The molecule has 1 aromatic rings. The summed E-state index contributed by atoms with van der Waals surface area (Å²) in [6.07, 6.45) is 4.20. The molecule has 0 aromatic carbocycles. The molecular weight excluding hydrogens is 242 g/mol. The van der Waals surface area contributed by atoms with Crippen LogP contribution < -0.4 is 5.32 Å². The molecule has 0 fully saturated rings. The number of nitrogens with zero attached hydrogens (tertiary/aromatic N) is 2. The van der Waals surface area contributed by atoms with Gasteiger partial charge in [0.1, 0.15) is 0 Å². The lowest BCUT2D eigenvalue weighted by Gasteiger charge is -2.45. The summed E-state index contributed by atoms with van der Waals surface area (Å²) in [5.74, 6) is 0. The summed E-state index contributed by atoms with van der Waals surface area (Å²) in [5, 5.41) is 3.52. The minimum Gasteiger partial charge on any atom is -0.315 e. The first-order valence-electron chi connectivity index (χ1n) is 6.91. The van der Waals surface area contributed by atoms with E-state index in [0.29, 0.717) is 6.04 Å². The molecule has 18 heavy (non-hydrogen) atoms. The number of rotatable bonds is 8. The molecule has 4 heteroatoms. The quantitative estimate of drug-likeness (QED) is 0.786. The molecule has 0 aliphatic heterocycles. The summed E-state index contributed by atoms with van der Waals surface area (Å²) in [7, 11) is 2.07. The first kappa shape index (κ1) is 15.6. The lowest BCUT2D eigenvalue weighted by Crippen LogP contribution is -2.59. The number of hydrogen-bond donors (Lipinski definition) is 1. The second kappa shape index (κ2) is 7.22. The van der Waals surface area contributed by atoms with E-state index >= 15 is 0 Å². The molecule has 0 saturated carbocycles. The van der Waals surface area contributed by atoms with Crippen LogP contribution in [0.4, 0.5) is 0 Å². The van der Waals surface area contributed by atoms with Crippen molar-refractivity contribution in [3.63, 3.8) is 0 Å². The summed E-state index contributed by atoms with van der Waals surface area (Å²) >= 11 is 1.75. The maximum absolute atomic E-state index is 4.18. The van der Waals surface area contributed by atoms with E-state index in [1.165, 1.54) is 4.88 Å². The Hall–Kier alpha value is -0.450. The van der Waals surface area contributed by atoms with Crippen molar-refractivity contribution < 1.29 is 0 Å². The van der Waals surface area contributed by atoms with E-state index in [1.54, 1.807) is 11.3 Å². The normalized spacial score (nSPS) is 16.8. The number of likely N-dealkylation sites (N-methyl/N-ethyl adjacent to an activating group) is 2. The van der Waals surface area contributed by atoms with E-state index in [4.69, 9.17) is 0 Å². The standard InChI is InChI=1S/C14H27N3S/c1-6-14(4,17(7-2)8-3)13(15-5)9-12-10-16-11-18-12/h10-11,13,15H,6-9H2,1-5H3. The Kier molecular flexibility index (Phi) is 6.26. The van der Waals surface area contributed by atoms with Crippen LogP contribution in [-0.2, 0) is 6.42 Å². The zero-order valence-corrected chi connectivity index (χ0v) is 13.2. The zero-order valence-electron chi connectivity index (χ0n) is 12.4. The molecule has 0 bridgehead atoms. The van der Waals surface area contributed by atoms with Gasteiger partial charge in [0, 0.05) is 29.1 Å².